The highest BCUT2D eigenvalue weighted by Crippen LogP contribution is 2.29. The second kappa shape index (κ2) is 9.41. The standard InChI is InChI=1S/C20H26N4O5S2/c1-5-29-20(26)16-19(30-23-22-16)21-18(25)15-6-8-24(9-7-15)31(27,28)17-13(3)10-12(2)11-14(17)4/h10-11,15H,5-9H2,1-4H3,(H,21,25). The molecule has 2 heterocycles. The lowest BCUT2D eigenvalue weighted by Gasteiger charge is -2.31. The van der Waals surface area contributed by atoms with Crippen molar-refractivity contribution < 1.29 is 22.7 Å². The van der Waals surface area contributed by atoms with E-state index in [0.717, 1.165) is 28.2 Å². The molecule has 168 valence electrons. The summed E-state index contributed by atoms with van der Waals surface area (Å²) < 4.78 is 36.5. The largest absolute Gasteiger partial charge is 0.461 e. The van der Waals surface area contributed by atoms with Gasteiger partial charge in [-0.05, 0) is 51.7 Å². The average Bonchev–Trinajstić information content (AvgIpc) is 3.15. The lowest BCUT2D eigenvalue weighted by atomic mass is 9.97. The van der Waals surface area contributed by atoms with Crippen molar-refractivity contribution in [2.24, 2.45) is 5.92 Å². The Balaban J connectivity index is 1.67. The number of aryl methyl sites for hydroxylation is 3. The molecule has 0 spiro atoms. The molecule has 1 N–H and O–H groups in total. The summed E-state index contributed by atoms with van der Waals surface area (Å²) in [5, 5.41) is 6.66. The highest BCUT2D eigenvalue weighted by atomic mass is 32.2. The van der Waals surface area contributed by atoms with Crippen molar-refractivity contribution in [2.45, 2.75) is 45.4 Å². The molecule has 1 saturated heterocycles. The Morgan fingerprint density at radius 2 is 1.81 bits per heavy atom. The summed E-state index contributed by atoms with van der Waals surface area (Å²) in [5.74, 6) is -1.29. The van der Waals surface area contributed by atoms with Gasteiger partial charge in [0, 0.05) is 30.5 Å². The molecule has 0 atom stereocenters. The van der Waals surface area contributed by atoms with Crippen molar-refractivity contribution in [1.29, 1.82) is 0 Å². The Hall–Kier alpha value is -2.37. The predicted octanol–water partition coefficient (Wildman–Crippen LogP) is 2.68. The van der Waals surface area contributed by atoms with Crippen LogP contribution in [0.25, 0.3) is 0 Å². The van der Waals surface area contributed by atoms with E-state index < -0.39 is 16.0 Å². The third-order valence-electron chi connectivity index (χ3n) is 5.22. The maximum absolute atomic E-state index is 13.2. The third-order valence-corrected chi connectivity index (χ3v) is 8.07. The number of benzene rings is 1. The van der Waals surface area contributed by atoms with Crippen LogP contribution in [-0.2, 0) is 19.6 Å². The first-order valence-electron chi connectivity index (χ1n) is 10.0. The Bertz CT molecular complexity index is 1070. The highest BCUT2D eigenvalue weighted by molar-refractivity contribution is 7.89. The zero-order valence-corrected chi connectivity index (χ0v) is 19.6. The Morgan fingerprint density at radius 3 is 2.39 bits per heavy atom. The van der Waals surface area contributed by atoms with Crippen LogP contribution in [0.3, 0.4) is 0 Å². The van der Waals surface area contributed by atoms with Crippen LogP contribution in [0.5, 0.6) is 0 Å². The maximum Gasteiger partial charge on any atom is 0.362 e. The van der Waals surface area contributed by atoms with E-state index in [-0.39, 0.29) is 42.2 Å². The number of nitrogens with one attached hydrogen (secondary N) is 1. The third kappa shape index (κ3) is 4.94. The SMILES string of the molecule is CCOC(=O)c1nnsc1NC(=O)C1CCN(S(=O)(=O)c2c(C)cc(C)cc2C)CC1. The van der Waals surface area contributed by atoms with Crippen molar-refractivity contribution in [2.75, 3.05) is 25.0 Å². The number of esters is 1. The Kier molecular flexibility index (Phi) is 7.07. The summed E-state index contributed by atoms with van der Waals surface area (Å²) in [5.41, 5.74) is 2.44. The molecular formula is C20H26N4O5S2. The number of nitrogens with zero attached hydrogens (tertiary/aromatic N) is 3. The summed E-state index contributed by atoms with van der Waals surface area (Å²) in [4.78, 5) is 24.9. The molecule has 3 rings (SSSR count). The van der Waals surface area contributed by atoms with Gasteiger partial charge in [-0.1, -0.05) is 22.2 Å². The van der Waals surface area contributed by atoms with Gasteiger partial charge in [0.2, 0.25) is 21.6 Å². The molecule has 31 heavy (non-hydrogen) atoms. The highest BCUT2D eigenvalue weighted by Gasteiger charge is 2.34. The second-order valence-electron chi connectivity index (χ2n) is 7.57. The number of rotatable bonds is 6. The Morgan fingerprint density at radius 1 is 1.19 bits per heavy atom. The van der Waals surface area contributed by atoms with Crippen molar-refractivity contribution >= 4 is 38.4 Å². The molecule has 0 unspecified atom stereocenters. The summed E-state index contributed by atoms with van der Waals surface area (Å²) in [6.07, 6.45) is 0.770. The number of carbonyl (C=O) groups excluding carboxylic acids is 2. The van der Waals surface area contributed by atoms with Crippen LogP contribution in [0.15, 0.2) is 17.0 Å². The number of sulfonamides is 1. The molecule has 1 aliphatic heterocycles. The Labute approximate surface area is 186 Å². The maximum atomic E-state index is 13.2. The number of hydrogen-bond acceptors (Lipinski definition) is 8. The van der Waals surface area contributed by atoms with Crippen LogP contribution in [0, 0.1) is 26.7 Å². The first-order valence-corrected chi connectivity index (χ1v) is 12.2. The van der Waals surface area contributed by atoms with E-state index >= 15 is 0 Å². The zero-order chi connectivity index (χ0) is 22.8. The molecular weight excluding hydrogens is 440 g/mol. The number of anilines is 1. The fraction of sp³-hybridized carbons (Fsp3) is 0.500. The fourth-order valence-corrected chi connectivity index (χ4v) is 6.32. The number of amides is 1. The van der Waals surface area contributed by atoms with E-state index in [4.69, 9.17) is 4.74 Å². The molecule has 0 saturated carbocycles. The summed E-state index contributed by atoms with van der Waals surface area (Å²) >= 11 is 0.902. The van der Waals surface area contributed by atoms with E-state index in [9.17, 15) is 18.0 Å². The van der Waals surface area contributed by atoms with Gasteiger partial charge in [0.05, 0.1) is 11.5 Å². The van der Waals surface area contributed by atoms with Gasteiger partial charge >= 0.3 is 5.97 Å². The topological polar surface area (TPSA) is 119 Å². The first-order chi connectivity index (χ1) is 14.6. The quantitative estimate of drug-likeness (QED) is 0.650. The van der Waals surface area contributed by atoms with Crippen LogP contribution in [0.4, 0.5) is 5.00 Å². The smallest absolute Gasteiger partial charge is 0.362 e. The monoisotopic (exact) mass is 466 g/mol. The molecule has 1 aromatic carbocycles. The lowest BCUT2D eigenvalue weighted by molar-refractivity contribution is -0.120. The van der Waals surface area contributed by atoms with Crippen molar-refractivity contribution in [1.82, 2.24) is 13.9 Å². The molecule has 1 aromatic heterocycles. The summed E-state index contributed by atoms with van der Waals surface area (Å²) in [7, 11) is -3.64. The molecule has 0 aliphatic carbocycles. The van der Waals surface area contributed by atoms with Gasteiger partial charge in [-0.15, -0.1) is 5.10 Å². The summed E-state index contributed by atoms with van der Waals surface area (Å²) in [6, 6.07) is 3.73. The van der Waals surface area contributed by atoms with Crippen molar-refractivity contribution in [3.63, 3.8) is 0 Å². The lowest BCUT2D eigenvalue weighted by Crippen LogP contribution is -2.41. The fourth-order valence-electron chi connectivity index (χ4n) is 3.88. The molecule has 9 nitrogen and oxygen atoms in total. The normalized spacial score (nSPS) is 15.6. The molecule has 1 amide bonds. The van der Waals surface area contributed by atoms with Gasteiger partial charge in [0.25, 0.3) is 0 Å². The predicted molar refractivity (Wildman–Crippen MR) is 117 cm³/mol. The van der Waals surface area contributed by atoms with Gasteiger partial charge in [0.1, 0.15) is 0 Å². The van der Waals surface area contributed by atoms with Crippen LogP contribution in [-0.4, -0.2) is 53.9 Å². The number of aromatic nitrogens is 2. The number of ether oxygens (including phenoxy) is 1. The average molecular weight is 467 g/mol. The van der Waals surface area contributed by atoms with Crippen LogP contribution < -0.4 is 5.32 Å². The van der Waals surface area contributed by atoms with Crippen LogP contribution >= 0.6 is 11.5 Å². The number of hydrogen-bond donors (Lipinski definition) is 1. The molecule has 1 fully saturated rings. The number of piperidine rings is 1. The molecule has 1 aliphatic rings. The van der Waals surface area contributed by atoms with Crippen LogP contribution in [0.2, 0.25) is 0 Å². The summed E-state index contributed by atoms with van der Waals surface area (Å²) in [6.45, 7) is 7.91. The van der Waals surface area contributed by atoms with Gasteiger partial charge in [-0.25, -0.2) is 13.2 Å². The molecule has 0 radical (unpaired) electrons. The van der Waals surface area contributed by atoms with Crippen molar-refractivity contribution in [3.05, 3.63) is 34.5 Å². The zero-order valence-electron chi connectivity index (χ0n) is 18.0. The van der Waals surface area contributed by atoms with E-state index in [1.54, 1.807) is 20.8 Å². The second-order valence-corrected chi connectivity index (χ2v) is 10.2. The van der Waals surface area contributed by atoms with E-state index in [2.05, 4.69) is 14.9 Å². The molecule has 0 bridgehead atoms. The minimum atomic E-state index is -3.64. The minimum absolute atomic E-state index is 0.0227. The number of carbonyl (C=O) groups is 2. The van der Waals surface area contributed by atoms with Gasteiger partial charge in [-0.3, -0.25) is 4.79 Å². The van der Waals surface area contributed by atoms with E-state index in [1.807, 2.05) is 19.1 Å². The molecule has 2 aromatic rings. The van der Waals surface area contributed by atoms with Gasteiger partial charge in [0.15, 0.2) is 5.00 Å². The van der Waals surface area contributed by atoms with Crippen molar-refractivity contribution in [3.8, 4) is 0 Å². The van der Waals surface area contributed by atoms with Crippen LogP contribution in [0.1, 0.15) is 46.9 Å². The van der Waals surface area contributed by atoms with E-state index in [1.165, 1.54) is 4.31 Å². The van der Waals surface area contributed by atoms with Gasteiger partial charge < -0.3 is 10.1 Å². The minimum Gasteiger partial charge on any atom is -0.461 e. The first kappa shape index (κ1) is 23.3. The molecule has 11 heteroatoms. The van der Waals surface area contributed by atoms with Gasteiger partial charge in [-0.2, -0.15) is 4.31 Å². The van der Waals surface area contributed by atoms with E-state index in [0.29, 0.717) is 17.7 Å².